The highest BCUT2D eigenvalue weighted by Crippen LogP contribution is 2.41. The molecule has 4 rings (SSSR count). The molecule has 28 heavy (non-hydrogen) atoms. The van der Waals surface area contributed by atoms with Crippen LogP contribution in [0.25, 0.3) is 0 Å². The number of fused-ring (bicyclic) bond motifs is 1. The molecule has 2 fully saturated rings. The van der Waals surface area contributed by atoms with Gasteiger partial charge in [-0.05, 0) is 37.0 Å². The summed E-state index contributed by atoms with van der Waals surface area (Å²) in [5.74, 6) is 2.19. The van der Waals surface area contributed by atoms with Crippen LogP contribution < -0.4 is 10.1 Å². The Balaban J connectivity index is 1.42. The Morgan fingerprint density at radius 1 is 1.29 bits per heavy atom. The van der Waals surface area contributed by atoms with Crippen LogP contribution in [0.2, 0.25) is 0 Å². The zero-order valence-corrected chi connectivity index (χ0v) is 16.6. The molecular weight excluding hydrogens is 354 g/mol. The summed E-state index contributed by atoms with van der Waals surface area (Å²) in [6.45, 7) is 2.05. The Morgan fingerprint density at radius 2 is 2.07 bits per heavy atom. The van der Waals surface area contributed by atoms with Gasteiger partial charge in [0.2, 0.25) is 5.91 Å². The van der Waals surface area contributed by atoms with Gasteiger partial charge in [0.15, 0.2) is 0 Å². The van der Waals surface area contributed by atoms with E-state index >= 15 is 0 Å². The molecule has 6 nitrogen and oxygen atoms in total. The van der Waals surface area contributed by atoms with Crippen LogP contribution in [0.1, 0.15) is 56.5 Å². The third-order valence-corrected chi connectivity index (χ3v) is 6.01. The van der Waals surface area contributed by atoms with E-state index < -0.39 is 0 Å². The number of aryl methyl sites for hydroxylation is 1. The van der Waals surface area contributed by atoms with Crippen molar-refractivity contribution in [2.75, 3.05) is 0 Å². The number of rotatable bonds is 5. The highest BCUT2D eigenvalue weighted by Gasteiger charge is 2.40. The minimum Gasteiger partial charge on any atom is -0.486 e. The Kier molecular flexibility index (Phi) is 5.67. The van der Waals surface area contributed by atoms with Crippen LogP contribution in [-0.4, -0.2) is 27.6 Å². The van der Waals surface area contributed by atoms with E-state index in [1.54, 1.807) is 13.1 Å². The lowest BCUT2D eigenvalue weighted by Crippen LogP contribution is -2.50. The number of nitrogens with zero attached hydrogens (tertiary/aromatic N) is 2. The number of carbonyl (C=O) groups is 1. The first-order chi connectivity index (χ1) is 13.6. The van der Waals surface area contributed by atoms with Crippen molar-refractivity contribution >= 4 is 5.91 Å². The van der Waals surface area contributed by atoms with Crippen molar-refractivity contribution in [1.29, 1.82) is 0 Å². The number of amides is 1. The quantitative estimate of drug-likeness (QED) is 0.858. The first-order valence-corrected chi connectivity index (χ1v) is 10.2. The number of aromatic nitrogens is 2. The maximum absolute atomic E-state index is 11.7. The molecule has 1 aromatic carbocycles. The number of carbonyl (C=O) groups excluding carboxylic acids is 1. The number of hydrogen-bond donors (Lipinski definition) is 1. The van der Waals surface area contributed by atoms with Crippen LogP contribution in [-0.2, 0) is 23.2 Å². The van der Waals surface area contributed by atoms with Crippen molar-refractivity contribution in [3.05, 3.63) is 48.0 Å². The molecule has 1 aliphatic heterocycles. The second-order valence-corrected chi connectivity index (χ2v) is 7.97. The van der Waals surface area contributed by atoms with Crippen LogP contribution in [0.4, 0.5) is 0 Å². The molecule has 1 amide bonds. The van der Waals surface area contributed by atoms with E-state index in [1.807, 2.05) is 29.9 Å². The summed E-state index contributed by atoms with van der Waals surface area (Å²) < 4.78 is 14.3. The minimum absolute atomic E-state index is 0.0137. The van der Waals surface area contributed by atoms with Crippen molar-refractivity contribution in [2.24, 2.45) is 13.0 Å². The fraction of sp³-hybridized carbons (Fsp3) is 0.545. The van der Waals surface area contributed by atoms with Gasteiger partial charge in [-0.1, -0.05) is 25.0 Å². The van der Waals surface area contributed by atoms with Crippen molar-refractivity contribution in [2.45, 2.75) is 63.9 Å². The van der Waals surface area contributed by atoms with E-state index in [-0.39, 0.29) is 24.2 Å². The number of imidazole rings is 1. The van der Waals surface area contributed by atoms with Crippen LogP contribution in [0, 0.1) is 5.92 Å². The monoisotopic (exact) mass is 383 g/mol. The first-order valence-electron chi connectivity index (χ1n) is 10.2. The zero-order chi connectivity index (χ0) is 19.5. The standard InChI is InChI=1S/C22H29N3O3/c1-15(26)24-19-13-21(28-20-6-4-3-5-18(19)20)16-7-9-17(10-8-16)27-14-22-23-11-12-25(22)2/h7-12,18-21H,3-6,13-14H2,1-2H3,(H,24,26)/t18-,19+,20+,21+/m0/s1. The SMILES string of the molecule is CC(=O)N[C@@H]1C[C@H](c2ccc(OCc3nccn3C)cc2)O[C@@H]2CCCC[C@@H]12. The van der Waals surface area contributed by atoms with Crippen molar-refractivity contribution in [1.82, 2.24) is 14.9 Å². The Bertz CT molecular complexity index is 802. The Labute approximate surface area is 166 Å². The van der Waals surface area contributed by atoms with Crippen LogP contribution in [0.3, 0.4) is 0 Å². The molecule has 0 bridgehead atoms. The van der Waals surface area contributed by atoms with Gasteiger partial charge in [-0.25, -0.2) is 4.98 Å². The normalized spacial score (nSPS) is 27.1. The maximum atomic E-state index is 11.7. The second-order valence-electron chi connectivity index (χ2n) is 7.97. The van der Waals surface area contributed by atoms with E-state index in [0.29, 0.717) is 12.5 Å². The van der Waals surface area contributed by atoms with Crippen LogP contribution >= 0.6 is 0 Å². The van der Waals surface area contributed by atoms with Gasteiger partial charge in [0.1, 0.15) is 18.2 Å². The maximum Gasteiger partial charge on any atom is 0.217 e. The van der Waals surface area contributed by atoms with Gasteiger partial charge in [-0.3, -0.25) is 4.79 Å². The summed E-state index contributed by atoms with van der Waals surface area (Å²) in [5.41, 5.74) is 1.14. The van der Waals surface area contributed by atoms with Crippen molar-refractivity contribution < 1.29 is 14.3 Å². The number of nitrogens with one attached hydrogen (secondary N) is 1. The fourth-order valence-electron chi connectivity index (χ4n) is 4.53. The molecule has 150 valence electrons. The average Bonchev–Trinajstić information content (AvgIpc) is 3.11. The molecule has 0 unspecified atom stereocenters. The van der Waals surface area contributed by atoms with Gasteiger partial charge >= 0.3 is 0 Å². The zero-order valence-electron chi connectivity index (χ0n) is 16.6. The van der Waals surface area contributed by atoms with Crippen LogP contribution in [0.15, 0.2) is 36.7 Å². The Morgan fingerprint density at radius 3 is 2.79 bits per heavy atom. The predicted molar refractivity (Wildman–Crippen MR) is 106 cm³/mol. The van der Waals surface area contributed by atoms with Gasteiger partial charge < -0.3 is 19.4 Å². The predicted octanol–water partition coefficient (Wildman–Crippen LogP) is 3.52. The summed E-state index contributed by atoms with van der Waals surface area (Å²) in [4.78, 5) is 16.0. The highest BCUT2D eigenvalue weighted by atomic mass is 16.5. The molecule has 4 atom stereocenters. The van der Waals surface area contributed by atoms with Crippen molar-refractivity contribution in [3.63, 3.8) is 0 Å². The smallest absolute Gasteiger partial charge is 0.217 e. The third-order valence-electron chi connectivity index (χ3n) is 6.01. The molecule has 2 aromatic rings. The summed E-state index contributed by atoms with van der Waals surface area (Å²) >= 11 is 0. The van der Waals surface area contributed by atoms with E-state index in [1.165, 1.54) is 12.8 Å². The lowest BCUT2D eigenvalue weighted by Gasteiger charge is -2.45. The van der Waals surface area contributed by atoms with Crippen LogP contribution in [0.5, 0.6) is 5.75 Å². The summed E-state index contributed by atoms with van der Waals surface area (Å²) in [7, 11) is 1.96. The molecule has 0 radical (unpaired) electrons. The second kappa shape index (κ2) is 8.35. The average molecular weight is 383 g/mol. The van der Waals surface area contributed by atoms with E-state index in [2.05, 4.69) is 22.4 Å². The van der Waals surface area contributed by atoms with E-state index in [9.17, 15) is 4.79 Å². The number of hydrogen-bond acceptors (Lipinski definition) is 4. The molecule has 1 saturated heterocycles. The third kappa shape index (κ3) is 4.22. The topological polar surface area (TPSA) is 65.4 Å². The summed E-state index contributed by atoms with van der Waals surface area (Å²) in [6, 6.07) is 8.32. The summed E-state index contributed by atoms with van der Waals surface area (Å²) in [5, 5.41) is 3.18. The molecule has 1 saturated carbocycles. The lowest BCUT2D eigenvalue weighted by molar-refractivity contribution is -0.131. The van der Waals surface area contributed by atoms with E-state index in [4.69, 9.17) is 9.47 Å². The number of ether oxygens (including phenoxy) is 2. The first kappa shape index (κ1) is 19.0. The molecule has 2 heterocycles. The molecular formula is C22H29N3O3. The highest BCUT2D eigenvalue weighted by molar-refractivity contribution is 5.73. The molecule has 1 N–H and O–H groups in total. The van der Waals surface area contributed by atoms with Gasteiger partial charge in [0.05, 0.1) is 12.2 Å². The van der Waals surface area contributed by atoms with E-state index in [0.717, 1.165) is 36.4 Å². The Hall–Kier alpha value is -2.34. The fourth-order valence-corrected chi connectivity index (χ4v) is 4.53. The molecule has 0 spiro atoms. The largest absolute Gasteiger partial charge is 0.486 e. The van der Waals surface area contributed by atoms with Gasteiger partial charge in [-0.2, -0.15) is 0 Å². The van der Waals surface area contributed by atoms with Gasteiger partial charge in [-0.15, -0.1) is 0 Å². The molecule has 1 aromatic heterocycles. The van der Waals surface area contributed by atoms with Crippen molar-refractivity contribution in [3.8, 4) is 5.75 Å². The summed E-state index contributed by atoms with van der Waals surface area (Å²) in [6.07, 6.45) is 9.42. The van der Waals surface area contributed by atoms with Gasteiger partial charge in [0, 0.05) is 38.3 Å². The molecule has 6 heteroatoms. The lowest BCUT2D eigenvalue weighted by atomic mass is 9.76. The molecule has 2 aliphatic rings. The molecule has 1 aliphatic carbocycles. The van der Waals surface area contributed by atoms with Gasteiger partial charge in [0.25, 0.3) is 0 Å². The number of benzene rings is 1. The minimum atomic E-state index is 0.0137.